The standard InChI is InChI=1S/C14H24N4O/c1-3-4-5-6-8-11(2)16-14(19)12-9-7-10-13(17-12)18-15/h7,9-11H,3-6,8,15H2,1-2H3,(H,16,19)(H,17,18). The number of hydrazine groups is 1. The molecule has 0 fully saturated rings. The van der Waals surface area contributed by atoms with Crippen LogP contribution in [0.15, 0.2) is 18.2 Å². The van der Waals surface area contributed by atoms with Gasteiger partial charge in [-0.15, -0.1) is 0 Å². The monoisotopic (exact) mass is 264 g/mol. The summed E-state index contributed by atoms with van der Waals surface area (Å²) in [5.41, 5.74) is 2.82. The van der Waals surface area contributed by atoms with Gasteiger partial charge in [-0.3, -0.25) is 4.79 Å². The Hall–Kier alpha value is -1.62. The van der Waals surface area contributed by atoms with E-state index in [4.69, 9.17) is 5.84 Å². The Bertz CT molecular complexity index is 395. The summed E-state index contributed by atoms with van der Waals surface area (Å²) < 4.78 is 0. The molecule has 0 bridgehead atoms. The van der Waals surface area contributed by atoms with Gasteiger partial charge in [0, 0.05) is 6.04 Å². The average Bonchev–Trinajstić information content (AvgIpc) is 2.43. The molecule has 1 amide bonds. The fourth-order valence-electron chi connectivity index (χ4n) is 1.89. The summed E-state index contributed by atoms with van der Waals surface area (Å²) in [5, 5.41) is 2.95. The maximum atomic E-state index is 12.0. The van der Waals surface area contributed by atoms with Crippen LogP contribution in [0.5, 0.6) is 0 Å². The largest absolute Gasteiger partial charge is 0.348 e. The van der Waals surface area contributed by atoms with E-state index in [1.54, 1.807) is 18.2 Å². The van der Waals surface area contributed by atoms with Crippen molar-refractivity contribution in [3.63, 3.8) is 0 Å². The summed E-state index contributed by atoms with van der Waals surface area (Å²) in [7, 11) is 0. The highest BCUT2D eigenvalue weighted by Crippen LogP contribution is 2.07. The van der Waals surface area contributed by atoms with Crippen molar-refractivity contribution in [3.8, 4) is 0 Å². The van der Waals surface area contributed by atoms with Gasteiger partial charge in [-0.2, -0.15) is 0 Å². The van der Waals surface area contributed by atoms with Gasteiger partial charge in [-0.1, -0.05) is 38.7 Å². The molecule has 1 atom stereocenters. The maximum absolute atomic E-state index is 12.0. The molecule has 0 radical (unpaired) electrons. The first-order valence-electron chi connectivity index (χ1n) is 6.92. The Morgan fingerprint density at radius 3 is 2.84 bits per heavy atom. The summed E-state index contributed by atoms with van der Waals surface area (Å²) >= 11 is 0. The van der Waals surface area contributed by atoms with E-state index in [1.165, 1.54) is 19.3 Å². The first-order chi connectivity index (χ1) is 9.17. The molecule has 1 heterocycles. The van der Waals surface area contributed by atoms with E-state index in [-0.39, 0.29) is 11.9 Å². The predicted molar refractivity (Wildman–Crippen MR) is 77.7 cm³/mol. The zero-order valence-electron chi connectivity index (χ0n) is 11.8. The van der Waals surface area contributed by atoms with Gasteiger partial charge in [0.1, 0.15) is 11.5 Å². The van der Waals surface area contributed by atoms with Gasteiger partial charge in [-0.05, 0) is 25.5 Å². The molecular formula is C14H24N4O. The Labute approximate surface area is 115 Å². The Morgan fingerprint density at radius 1 is 1.37 bits per heavy atom. The molecule has 4 N–H and O–H groups in total. The molecule has 1 aromatic rings. The van der Waals surface area contributed by atoms with Gasteiger partial charge in [-0.25, -0.2) is 10.8 Å². The second-order valence-electron chi connectivity index (χ2n) is 4.78. The average molecular weight is 264 g/mol. The molecule has 0 aliphatic rings. The van der Waals surface area contributed by atoms with Crippen molar-refractivity contribution >= 4 is 11.7 Å². The first-order valence-corrected chi connectivity index (χ1v) is 6.92. The van der Waals surface area contributed by atoms with E-state index < -0.39 is 0 Å². The molecule has 0 saturated heterocycles. The molecule has 1 rings (SSSR count). The SMILES string of the molecule is CCCCCCC(C)NC(=O)c1cccc(NN)n1. The smallest absolute Gasteiger partial charge is 0.270 e. The molecule has 0 saturated carbocycles. The number of aromatic nitrogens is 1. The van der Waals surface area contributed by atoms with E-state index >= 15 is 0 Å². The fraction of sp³-hybridized carbons (Fsp3) is 0.571. The number of amides is 1. The number of unbranched alkanes of at least 4 members (excludes halogenated alkanes) is 3. The highest BCUT2D eigenvalue weighted by Gasteiger charge is 2.11. The van der Waals surface area contributed by atoms with Gasteiger partial charge in [0.15, 0.2) is 0 Å². The van der Waals surface area contributed by atoms with Crippen molar-refractivity contribution in [2.45, 2.75) is 52.0 Å². The minimum Gasteiger partial charge on any atom is -0.348 e. The lowest BCUT2D eigenvalue weighted by molar-refractivity contribution is 0.0933. The van der Waals surface area contributed by atoms with Crippen molar-refractivity contribution in [2.24, 2.45) is 5.84 Å². The topological polar surface area (TPSA) is 80.0 Å². The first kappa shape index (κ1) is 15.4. The summed E-state index contributed by atoms with van der Waals surface area (Å²) in [6.07, 6.45) is 5.85. The van der Waals surface area contributed by atoms with E-state index in [2.05, 4.69) is 22.7 Å². The number of carbonyl (C=O) groups excluding carboxylic acids is 1. The van der Waals surface area contributed by atoms with Crippen LogP contribution in [0.1, 0.15) is 56.4 Å². The molecule has 19 heavy (non-hydrogen) atoms. The van der Waals surface area contributed by atoms with Crippen molar-refractivity contribution in [1.29, 1.82) is 0 Å². The number of pyridine rings is 1. The van der Waals surface area contributed by atoms with Crippen LogP contribution in [0, 0.1) is 0 Å². The molecule has 1 unspecified atom stereocenters. The second kappa shape index (κ2) is 8.48. The summed E-state index contributed by atoms with van der Waals surface area (Å²) in [6.45, 7) is 4.21. The number of hydrogen-bond donors (Lipinski definition) is 3. The summed E-state index contributed by atoms with van der Waals surface area (Å²) in [4.78, 5) is 16.1. The molecule has 0 aliphatic heterocycles. The van der Waals surface area contributed by atoms with Crippen molar-refractivity contribution in [1.82, 2.24) is 10.3 Å². The van der Waals surface area contributed by atoms with Gasteiger partial charge >= 0.3 is 0 Å². The molecule has 5 nitrogen and oxygen atoms in total. The third-order valence-electron chi connectivity index (χ3n) is 3.00. The maximum Gasteiger partial charge on any atom is 0.270 e. The molecule has 1 aromatic heterocycles. The molecule has 5 heteroatoms. The van der Waals surface area contributed by atoms with E-state index in [1.807, 2.05) is 6.92 Å². The molecule has 106 valence electrons. The van der Waals surface area contributed by atoms with E-state index in [0.717, 1.165) is 12.8 Å². The highest BCUT2D eigenvalue weighted by atomic mass is 16.1. The van der Waals surface area contributed by atoms with Crippen LogP contribution in [0.3, 0.4) is 0 Å². The van der Waals surface area contributed by atoms with Gasteiger partial charge in [0.2, 0.25) is 0 Å². The van der Waals surface area contributed by atoms with Crippen molar-refractivity contribution in [3.05, 3.63) is 23.9 Å². The lowest BCUT2D eigenvalue weighted by atomic mass is 10.1. The van der Waals surface area contributed by atoms with Crippen LogP contribution in [0.4, 0.5) is 5.82 Å². The molecule has 0 spiro atoms. The quantitative estimate of drug-likeness (QED) is 0.383. The van der Waals surface area contributed by atoms with Crippen LogP contribution < -0.4 is 16.6 Å². The van der Waals surface area contributed by atoms with Crippen LogP contribution in [0.25, 0.3) is 0 Å². The Kier molecular flexibility index (Phi) is 6.89. The van der Waals surface area contributed by atoms with Crippen LogP contribution >= 0.6 is 0 Å². The number of nitrogens with one attached hydrogen (secondary N) is 2. The lowest BCUT2D eigenvalue weighted by Gasteiger charge is -2.13. The van der Waals surface area contributed by atoms with Gasteiger partial charge in [0.25, 0.3) is 5.91 Å². The predicted octanol–water partition coefficient (Wildman–Crippen LogP) is 2.46. The number of nitrogens with two attached hydrogens (primary N) is 1. The van der Waals surface area contributed by atoms with Crippen LogP contribution in [-0.4, -0.2) is 16.9 Å². The zero-order chi connectivity index (χ0) is 14.1. The van der Waals surface area contributed by atoms with Crippen molar-refractivity contribution in [2.75, 3.05) is 5.43 Å². The zero-order valence-corrected chi connectivity index (χ0v) is 11.8. The third-order valence-corrected chi connectivity index (χ3v) is 3.00. The number of nitrogens with zero attached hydrogens (tertiary/aromatic N) is 1. The number of anilines is 1. The van der Waals surface area contributed by atoms with Crippen molar-refractivity contribution < 1.29 is 4.79 Å². The normalized spacial score (nSPS) is 11.9. The van der Waals surface area contributed by atoms with Gasteiger partial charge < -0.3 is 10.7 Å². The minimum absolute atomic E-state index is 0.153. The summed E-state index contributed by atoms with van der Waals surface area (Å²) in [5.74, 6) is 5.61. The Morgan fingerprint density at radius 2 is 2.16 bits per heavy atom. The highest BCUT2D eigenvalue weighted by molar-refractivity contribution is 5.92. The van der Waals surface area contributed by atoms with E-state index in [0.29, 0.717) is 11.5 Å². The molecule has 0 aliphatic carbocycles. The molecular weight excluding hydrogens is 240 g/mol. The number of nitrogen functional groups attached to an aromatic ring is 1. The number of carbonyl (C=O) groups is 1. The minimum atomic E-state index is -0.153. The summed E-state index contributed by atoms with van der Waals surface area (Å²) in [6, 6.07) is 5.31. The fourth-order valence-corrected chi connectivity index (χ4v) is 1.89. The van der Waals surface area contributed by atoms with Crippen LogP contribution in [0.2, 0.25) is 0 Å². The number of rotatable bonds is 8. The van der Waals surface area contributed by atoms with E-state index in [9.17, 15) is 4.79 Å². The molecule has 0 aromatic carbocycles. The third kappa shape index (κ3) is 5.70. The second-order valence-corrected chi connectivity index (χ2v) is 4.78. The van der Waals surface area contributed by atoms with Crippen LogP contribution in [-0.2, 0) is 0 Å². The van der Waals surface area contributed by atoms with Gasteiger partial charge in [0.05, 0.1) is 0 Å². The Balaban J connectivity index is 2.40. The number of hydrogen-bond acceptors (Lipinski definition) is 4. The lowest BCUT2D eigenvalue weighted by Crippen LogP contribution is -2.33.